The third kappa shape index (κ3) is 2.23. The molecule has 3 heteroatoms. The first kappa shape index (κ1) is 11.1. The first-order valence-electron chi connectivity index (χ1n) is 5.63. The predicted molar refractivity (Wildman–Crippen MR) is 59.1 cm³/mol. The number of halogens is 1. The molecule has 1 aliphatic carbocycles. The third-order valence-electron chi connectivity index (χ3n) is 3.25. The van der Waals surface area contributed by atoms with Gasteiger partial charge in [0.1, 0.15) is 6.17 Å². The fraction of sp³-hybridized carbons (Fsp3) is 0.462. The highest BCUT2D eigenvalue weighted by atomic mass is 19.1. The minimum atomic E-state index is -0.878. The zero-order valence-corrected chi connectivity index (χ0v) is 9.03. The molecule has 1 aromatic carbocycles. The maximum absolute atomic E-state index is 13.6. The quantitative estimate of drug-likeness (QED) is 0.850. The Morgan fingerprint density at radius 1 is 1.31 bits per heavy atom. The smallest absolute Gasteiger partial charge is 0.303 e. The highest BCUT2D eigenvalue weighted by molar-refractivity contribution is 5.66. The Labute approximate surface area is 94.1 Å². The van der Waals surface area contributed by atoms with Crippen molar-refractivity contribution in [1.82, 2.24) is 0 Å². The second kappa shape index (κ2) is 4.64. The highest BCUT2D eigenvalue weighted by Crippen LogP contribution is 2.41. The largest absolute Gasteiger partial charge is 0.481 e. The molecule has 2 atom stereocenters. The van der Waals surface area contributed by atoms with E-state index in [-0.39, 0.29) is 12.3 Å². The number of carbonyl (C=O) groups is 1. The van der Waals surface area contributed by atoms with Crippen LogP contribution in [0, 0.1) is 0 Å². The van der Waals surface area contributed by atoms with E-state index in [0.29, 0.717) is 12.8 Å². The van der Waals surface area contributed by atoms with E-state index in [0.717, 1.165) is 17.5 Å². The number of aliphatic carboxylic acids is 1. The lowest BCUT2D eigenvalue weighted by Crippen LogP contribution is -2.13. The molecule has 0 aromatic heterocycles. The maximum Gasteiger partial charge on any atom is 0.303 e. The van der Waals surface area contributed by atoms with E-state index in [9.17, 15) is 9.18 Å². The molecular formula is C13H15FO2. The van der Waals surface area contributed by atoms with Gasteiger partial charge in [0.25, 0.3) is 0 Å². The minimum absolute atomic E-state index is 0.163. The first-order valence-corrected chi connectivity index (χ1v) is 5.63. The number of hydrogen-bond acceptors (Lipinski definition) is 1. The van der Waals surface area contributed by atoms with Gasteiger partial charge in [-0.05, 0) is 36.3 Å². The van der Waals surface area contributed by atoms with Crippen LogP contribution in [-0.2, 0) is 4.79 Å². The lowest BCUT2D eigenvalue weighted by Gasteiger charge is -2.27. The summed E-state index contributed by atoms with van der Waals surface area (Å²) in [4.78, 5) is 10.5. The summed E-state index contributed by atoms with van der Waals surface area (Å²) in [6.45, 7) is 0. The molecule has 2 nitrogen and oxygen atoms in total. The van der Waals surface area contributed by atoms with Gasteiger partial charge in [-0.15, -0.1) is 0 Å². The van der Waals surface area contributed by atoms with Crippen LogP contribution in [0.25, 0.3) is 0 Å². The average Bonchev–Trinajstić information content (AvgIpc) is 2.28. The number of carboxylic acid groups (broad SMARTS) is 1. The molecule has 86 valence electrons. The van der Waals surface area contributed by atoms with E-state index in [2.05, 4.69) is 0 Å². The van der Waals surface area contributed by atoms with Gasteiger partial charge in [-0.25, -0.2) is 4.39 Å². The van der Waals surface area contributed by atoms with Crippen LogP contribution in [0.2, 0.25) is 0 Å². The SMILES string of the molecule is O=C(O)CC[C@@H]1CC[C@H](F)c2ccccc21. The van der Waals surface area contributed by atoms with Gasteiger partial charge in [-0.2, -0.15) is 0 Å². The monoisotopic (exact) mass is 222 g/mol. The normalized spacial score (nSPS) is 23.8. The topological polar surface area (TPSA) is 37.3 Å². The Bertz CT molecular complexity index is 389. The van der Waals surface area contributed by atoms with Crippen LogP contribution in [0.15, 0.2) is 24.3 Å². The van der Waals surface area contributed by atoms with Crippen LogP contribution in [-0.4, -0.2) is 11.1 Å². The molecule has 2 rings (SSSR count). The molecule has 0 saturated heterocycles. The van der Waals surface area contributed by atoms with E-state index in [1.807, 2.05) is 24.3 Å². The average molecular weight is 222 g/mol. The molecule has 0 radical (unpaired) electrons. The van der Waals surface area contributed by atoms with E-state index in [1.165, 1.54) is 0 Å². The summed E-state index contributed by atoms with van der Waals surface area (Å²) in [5, 5.41) is 8.67. The lowest BCUT2D eigenvalue weighted by molar-refractivity contribution is -0.137. The molecule has 0 bridgehead atoms. The van der Waals surface area contributed by atoms with Crippen molar-refractivity contribution in [3.8, 4) is 0 Å². The van der Waals surface area contributed by atoms with Gasteiger partial charge in [0.2, 0.25) is 0 Å². The molecule has 1 aliphatic rings. The number of rotatable bonds is 3. The van der Waals surface area contributed by atoms with Crippen LogP contribution in [0.5, 0.6) is 0 Å². The first-order chi connectivity index (χ1) is 7.68. The van der Waals surface area contributed by atoms with E-state index >= 15 is 0 Å². The van der Waals surface area contributed by atoms with Crippen molar-refractivity contribution < 1.29 is 14.3 Å². The van der Waals surface area contributed by atoms with Crippen LogP contribution >= 0.6 is 0 Å². The van der Waals surface area contributed by atoms with Crippen molar-refractivity contribution in [2.75, 3.05) is 0 Å². The summed E-state index contributed by atoms with van der Waals surface area (Å²) < 4.78 is 13.6. The molecule has 0 amide bonds. The van der Waals surface area contributed by atoms with Crippen molar-refractivity contribution in [1.29, 1.82) is 0 Å². The van der Waals surface area contributed by atoms with Gasteiger partial charge in [-0.1, -0.05) is 24.3 Å². The van der Waals surface area contributed by atoms with Crippen molar-refractivity contribution in [2.45, 2.75) is 37.8 Å². The number of carboxylic acids is 1. The van der Waals surface area contributed by atoms with Gasteiger partial charge < -0.3 is 5.11 Å². The summed E-state index contributed by atoms with van der Waals surface area (Å²) >= 11 is 0. The predicted octanol–water partition coefficient (Wildman–Crippen LogP) is 3.44. The zero-order valence-electron chi connectivity index (χ0n) is 9.03. The van der Waals surface area contributed by atoms with Crippen LogP contribution in [0.3, 0.4) is 0 Å². The zero-order chi connectivity index (χ0) is 11.5. The number of fused-ring (bicyclic) bond motifs is 1. The fourth-order valence-corrected chi connectivity index (χ4v) is 2.42. The van der Waals surface area contributed by atoms with Gasteiger partial charge in [0.15, 0.2) is 0 Å². The molecule has 0 heterocycles. The summed E-state index contributed by atoms with van der Waals surface area (Å²) in [5.41, 5.74) is 1.76. The molecule has 0 saturated carbocycles. The third-order valence-corrected chi connectivity index (χ3v) is 3.25. The maximum atomic E-state index is 13.6. The molecule has 0 unspecified atom stereocenters. The Hall–Kier alpha value is -1.38. The van der Waals surface area contributed by atoms with Gasteiger partial charge in [0, 0.05) is 6.42 Å². The molecule has 1 N–H and O–H groups in total. The van der Waals surface area contributed by atoms with Crippen molar-refractivity contribution in [3.63, 3.8) is 0 Å². The van der Waals surface area contributed by atoms with Gasteiger partial charge in [-0.3, -0.25) is 4.79 Å². The standard InChI is InChI=1S/C13H15FO2/c14-12-7-5-9(6-8-13(15)16)10-3-1-2-4-11(10)12/h1-4,9,12H,5-8H2,(H,15,16)/t9-,12-/m0/s1. The number of benzene rings is 1. The minimum Gasteiger partial charge on any atom is -0.481 e. The molecule has 0 spiro atoms. The Morgan fingerprint density at radius 2 is 2.00 bits per heavy atom. The van der Waals surface area contributed by atoms with Gasteiger partial charge >= 0.3 is 5.97 Å². The van der Waals surface area contributed by atoms with Crippen LogP contribution in [0.1, 0.15) is 48.9 Å². The Morgan fingerprint density at radius 3 is 2.69 bits per heavy atom. The van der Waals surface area contributed by atoms with Crippen molar-refractivity contribution in [3.05, 3.63) is 35.4 Å². The van der Waals surface area contributed by atoms with E-state index in [1.54, 1.807) is 0 Å². The van der Waals surface area contributed by atoms with E-state index < -0.39 is 12.1 Å². The summed E-state index contributed by atoms with van der Waals surface area (Å²) in [5.74, 6) is -0.570. The fourth-order valence-electron chi connectivity index (χ4n) is 2.42. The van der Waals surface area contributed by atoms with Crippen molar-refractivity contribution >= 4 is 5.97 Å². The summed E-state index contributed by atoms with van der Waals surface area (Å²) in [6, 6.07) is 7.47. The molecule has 16 heavy (non-hydrogen) atoms. The van der Waals surface area contributed by atoms with E-state index in [4.69, 9.17) is 5.11 Å². The highest BCUT2D eigenvalue weighted by Gasteiger charge is 2.26. The summed E-state index contributed by atoms with van der Waals surface area (Å²) in [7, 11) is 0. The second-order valence-electron chi connectivity index (χ2n) is 4.30. The molecular weight excluding hydrogens is 207 g/mol. The van der Waals surface area contributed by atoms with Gasteiger partial charge in [0.05, 0.1) is 0 Å². The summed E-state index contributed by atoms with van der Waals surface area (Å²) in [6.07, 6.45) is 1.17. The second-order valence-corrected chi connectivity index (χ2v) is 4.30. The molecule has 1 aromatic rings. The van der Waals surface area contributed by atoms with Crippen LogP contribution in [0.4, 0.5) is 4.39 Å². The van der Waals surface area contributed by atoms with Crippen LogP contribution < -0.4 is 0 Å². The number of hydrogen-bond donors (Lipinski definition) is 1. The molecule has 0 fully saturated rings. The van der Waals surface area contributed by atoms with Crippen molar-refractivity contribution in [2.24, 2.45) is 0 Å². The Balaban J connectivity index is 2.18. The Kier molecular flexibility index (Phi) is 3.22. The molecule has 0 aliphatic heterocycles. The lowest BCUT2D eigenvalue weighted by atomic mass is 9.79. The number of alkyl halides is 1.